The summed E-state index contributed by atoms with van der Waals surface area (Å²) in [6, 6.07) is -0.219. The summed E-state index contributed by atoms with van der Waals surface area (Å²) in [7, 11) is 5.91. The molecule has 2 aliphatic heterocycles. The molecule has 0 saturated carbocycles. The number of nitrogens with zero attached hydrogens (tertiary/aromatic N) is 2. The van der Waals surface area contributed by atoms with Gasteiger partial charge < -0.3 is 44.4 Å². The Morgan fingerprint density at radius 1 is 1.07 bits per heavy atom. The standard InChI is InChI=1S/C30H58N2O8/c1-12-23-30(8,37)26(34)21(6)32(11)16-17(2)15-29(7,36)27(19(4)25(33)20(5)28(35)39-23)40-24-14-22(31(9)10)13-18(3)38-24/h17-27,33-34,36-37H,12-16H2,1-11H3/t17-,18?,19+,20?,21?,22?,23-,24?,25+,26+,27-,29-,30-/m1/s1. The van der Waals surface area contributed by atoms with Gasteiger partial charge in [0.25, 0.3) is 0 Å². The first-order chi connectivity index (χ1) is 18.3. The highest BCUT2D eigenvalue weighted by Gasteiger charge is 2.48. The van der Waals surface area contributed by atoms with Crippen LogP contribution in [0.15, 0.2) is 0 Å². The predicted octanol–water partition coefficient (Wildman–Crippen LogP) is 2.00. The van der Waals surface area contributed by atoms with Gasteiger partial charge in [-0.1, -0.05) is 20.8 Å². The van der Waals surface area contributed by atoms with Crippen molar-refractivity contribution in [2.45, 2.75) is 141 Å². The summed E-state index contributed by atoms with van der Waals surface area (Å²) in [4.78, 5) is 17.4. The van der Waals surface area contributed by atoms with Crippen LogP contribution in [0.2, 0.25) is 0 Å². The third-order valence-electron chi connectivity index (χ3n) is 9.39. The molecule has 2 fully saturated rings. The van der Waals surface area contributed by atoms with Crippen molar-refractivity contribution in [1.29, 1.82) is 0 Å². The number of hydrogen-bond acceptors (Lipinski definition) is 10. The molecule has 2 aliphatic rings. The van der Waals surface area contributed by atoms with Gasteiger partial charge in [0.05, 0.1) is 29.8 Å². The van der Waals surface area contributed by atoms with Crippen molar-refractivity contribution < 1.29 is 39.4 Å². The lowest BCUT2D eigenvalue weighted by Gasteiger charge is -2.45. The highest BCUT2D eigenvalue weighted by atomic mass is 16.7. The minimum Gasteiger partial charge on any atom is -0.459 e. The zero-order chi connectivity index (χ0) is 30.7. The monoisotopic (exact) mass is 574 g/mol. The third kappa shape index (κ3) is 8.37. The van der Waals surface area contributed by atoms with Crippen LogP contribution in [0.25, 0.3) is 0 Å². The fourth-order valence-corrected chi connectivity index (χ4v) is 6.68. The van der Waals surface area contributed by atoms with E-state index < -0.39 is 65.8 Å². The Morgan fingerprint density at radius 3 is 2.23 bits per heavy atom. The average Bonchev–Trinajstić information content (AvgIpc) is 2.86. The van der Waals surface area contributed by atoms with Crippen LogP contribution in [0.1, 0.15) is 81.1 Å². The molecule has 0 aliphatic carbocycles. The average molecular weight is 575 g/mol. The van der Waals surface area contributed by atoms with Gasteiger partial charge in [-0.3, -0.25) is 4.79 Å². The zero-order valence-electron chi connectivity index (χ0n) is 26.7. The minimum atomic E-state index is -1.72. The van der Waals surface area contributed by atoms with Gasteiger partial charge in [-0.25, -0.2) is 0 Å². The van der Waals surface area contributed by atoms with Crippen molar-refractivity contribution in [2.75, 3.05) is 27.7 Å². The number of likely N-dealkylation sites (N-methyl/N-ethyl adjacent to an activating group) is 1. The number of aliphatic hydroxyl groups excluding tert-OH is 2. The fraction of sp³-hybridized carbons (Fsp3) is 0.967. The quantitative estimate of drug-likeness (QED) is 0.370. The second-order valence-corrected chi connectivity index (χ2v) is 13.5. The SMILES string of the molecule is CC[C@H]1OC(=O)C(C)[C@@H](O)[C@H](C)[C@@H](OC2CC(N(C)C)CC(C)O2)[C@](C)(O)C[C@@H](C)CN(C)C(C)[C@H](O)[C@]1(C)O. The maximum atomic E-state index is 13.3. The molecule has 4 N–H and O–H groups in total. The molecule has 0 bridgehead atoms. The number of aliphatic hydroxyl groups is 4. The van der Waals surface area contributed by atoms with Crippen LogP contribution in [-0.4, -0.2) is 124 Å². The molecular formula is C30H58N2O8. The van der Waals surface area contributed by atoms with E-state index in [-0.39, 0.29) is 24.5 Å². The highest BCUT2D eigenvalue weighted by Crippen LogP contribution is 2.36. The molecule has 236 valence electrons. The first kappa shape index (κ1) is 35.3. The molecule has 0 radical (unpaired) electrons. The van der Waals surface area contributed by atoms with Crippen LogP contribution in [0.4, 0.5) is 0 Å². The molecule has 10 nitrogen and oxygen atoms in total. The second kappa shape index (κ2) is 14.1. The van der Waals surface area contributed by atoms with Gasteiger partial charge in [-0.15, -0.1) is 0 Å². The van der Waals surface area contributed by atoms with Gasteiger partial charge in [0.2, 0.25) is 0 Å². The largest absolute Gasteiger partial charge is 0.459 e. The molecule has 5 unspecified atom stereocenters. The first-order valence-corrected chi connectivity index (χ1v) is 15.0. The first-order valence-electron chi connectivity index (χ1n) is 15.0. The van der Waals surface area contributed by atoms with Crippen LogP contribution in [0.3, 0.4) is 0 Å². The Labute approximate surface area is 242 Å². The van der Waals surface area contributed by atoms with E-state index in [2.05, 4.69) is 4.90 Å². The van der Waals surface area contributed by atoms with Gasteiger partial charge >= 0.3 is 5.97 Å². The molecule has 2 heterocycles. The van der Waals surface area contributed by atoms with Gasteiger partial charge in [0, 0.05) is 31.0 Å². The van der Waals surface area contributed by atoms with Gasteiger partial charge in [0.1, 0.15) is 17.8 Å². The van der Waals surface area contributed by atoms with E-state index in [4.69, 9.17) is 14.2 Å². The van der Waals surface area contributed by atoms with Crippen molar-refractivity contribution in [3.8, 4) is 0 Å². The Kier molecular flexibility index (Phi) is 12.4. The van der Waals surface area contributed by atoms with Crippen molar-refractivity contribution >= 4 is 5.97 Å². The number of carbonyl (C=O) groups excluding carboxylic acids is 1. The number of carbonyl (C=O) groups is 1. The van der Waals surface area contributed by atoms with Crippen LogP contribution in [0, 0.1) is 17.8 Å². The van der Waals surface area contributed by atoms with Crippen LogP contribution in [0.5, 0.6) is 0 Å². The van der Waals surface area contributed by atoms with Gasteiger partial charge in [-0.2, -0.15) is 0 Å². The normalized spacial score (nSPS) is 47.4. The Morgan fingerprint density at radius 2 is 1.68 bits per heavy atom. The van der Waals surface area contributed by atoms with E-state index in [1.807, 2.05) is 46.8 Å². The molecule has 13 atom stereocenters. The van der Waals surface area contributed by atoms with Crippen molar-refractivity contribution in [1.82, 2.24) is 9.80 Å². The molecule has 2 saturated heterocycles. The van der Waals surface area contributed by atoms with Crippen LogP contribution >= 0.6 is 0 Å². The molecule has 0 aromatic carbocycles. The summed E-state index contributed by atoms with van der Waals surface area (Å²) < 4.78 is 18.4. The fourth-order valence-electron chi connectivity index (χ4n) is 6.68. The molecule has 0 aromatic rings. The van der Waals surface area contributed by atoms with E-state index in [9.17, 15) is 25.2 Å². The number of hydrogen-bond donors (Lipinski definition) is 4. The highest BCUT2D eigenvalue weighted by molar-refractivity contribution is 5.73. The van der Waals surface area contributed by atoms with E-state index in [0.29, 0.717) is 19.4 Å². The number of cyclic esters (lactones) is 1. The van der Waals surface area contributed by atoms with Crippen LogP contribution < -0.4 is 0 Å². The third-order valence-corrected chi connectivity index (χ3v) is 9.39. The summed E-state index contributed by atoms with van der Waals surface area (Å²) >= 11 is 0. The van der Waals surface area contributed by atoms with Crippen molar-refractivity contribution in [2.24, 2.45) is 17.8 Å². The zero-order valence-corrected chi connectivity index (χ0v) is 26.7. The lowest BCUT2D eigenvalue weighted by molar-refractivity contribution is -0.267. The number of ether oxygens (including phenoxy) is 3. The second-order valence-electron chi connectivity index (χ2n) is 13.5. The van der Waals surface area contributed by atoms with Crippen molar-refractivity contribution in [3.63, 3.8) is 0 Å². The molecule has 0 amide bonds. The van der Waals surface area contributed by atoms with Gasteiger partial charge in [0.15, 0.2) is 6.29 Å². The lowest BCUT2D eigenvalue weighted by Crippen LogP contribution is -2.59. The lowest BCUT2D eigenvalue weighted by atomic mass is 9.78. The molecule has 10 heteroatoms. The Balaban J connectivity index is 2.48. The summed E-state index contributed by atoms with van der Waals surface area (Å²) in [6.07, 6.45) is -2.75. The summed E-state index contributed by atoms with van der Waals surface area (Å²) in [5, 5.41) is 45.9. The summed E-state index contributed by atoms with van der Waals surface area (Å²) in [5.41, 5.74) is -3.09. The van der Waals surface area contributed by atoms with E-state index in [1.54, 1.807) is 27.7 Å². The van der Waals surface area contributed by atoms with Crippen molar-refractivity contribution in [3.05, 3.63) is 0 Å². The number of esters is 1. The molecule has 0 aromatic heterocycles. The molecular weight excluding hydrogens is 516 g/mol. The smallest absolute Gasteiger partial charge is 0.311 e. The summed E-state index contributed by atoms with van der Waals surface area (Å²) in [5.74, 6) is -2.34. The molecule has 2 rings (SSSR count). The van der Waals surface area contributed by atoms with E-state index >= 15 is 0 Å². The molecule has 40 heavy (non-hydrogen) atoms. The predicted molar refractivity (Wildman–Crippen MR) is 154 cm³/mol. The maximum Gasteiger partial charge on any atom is 0.311 e. The maximum absolute atomic E-state index is 13.3. The van der Waals surface area contributed by atoms with E-state index in [0.717, 1.165) is 6.42 Å². The Bertz CT molecular complexity index is 809. The molecule has 0 spiro atoms. The topological polar surface area (TPSA) is 132 Å². The number of rotatable bonds is 4. The summed E-state index contributed by atoms with van der Waals surface area (Å²) in [6.45, 7) is 14.7. The van der Waals surface area contributed by atoms with Crippen LogP contribution in [-0.2, 0) is 19.0 Å². The Hall–Kier alpha value is -0.850. The minimum absolute atomic E-state index is 0.0295. The van der Waals surface area contributed by atoms with Gasteiger partial charge in [-0.05, 0) is 80.9 Å². The van der Waals surface area contributed by atoms with E-state index in [1.165, 1.54) is 6.92 Å².